The summed E-state index contributed by atoms with van der Waals surface area (Å²) in [4.78, 5) is 5.46. The van der Waals surface area contributed by atoms with Gasteiger partial charge in [-0.2, -0.15) is 0 Å². The third-order valence-electron chi connectivity index (χ3n) is 5.81. The number of rotatable bonds is 4. The van der Waals surface area contributed by atoms with Gasteiger partial charge in [0.15, 0.2) is 0 Å². The maximum atomic E-state index is 6.01. The third-order valence-corrected chi connectivity index (χ3v) is 5.81. The smallest absolute Gasteiger partial charge is 0.0235 e. The Morgan fingerprint density at radius 1 is 1.05 bits per heavy atom. The van der Waals surface area contributed by atoms with Crippen molar-refractivity contribution < 1.29 is 0 Å². The zero-order valence-corrected chi connectivity index (χ0v) is 12.6. The van der Waals surface area contributed by atoms with E-state index in [4.69, 9.17) is 5.73 Å². The predicted molar refractivity (Wildman–Crippen MR) is 80.2 cm³/mol. The van der Waals surface area contributed by atoms with Crippen molar-refractivity contribution in [2.24, 2.45) is 11.7 Å². The molecule has 1 aliphatic carbocycles. The maximum absolute atomic E-state index is 6.01. The van der Waals surface area contributed by atoms with Crippen LogP contribution in [0.1, 0.15) is 51.9 Å². The van der Waals surface area contributed by atoms with Crippen LogP contribution in [0.2, 0.25) is 0 Å². The van der Waals surface area contributed by atoms with Crippen LogP contribution >= 0.6 is 0 Å². The number of hydrogen-bond acceptors (Lipinski definition) is 3. The zero-order chi connectivity index (χ0) is 13.2. The first-order valence-electron chi connectivity index (χ1n) is 8.46. The van der Waals surface area contributed by atoms with Gasteiger partial charge in [-0.15, -0.1) is 0 Å². The molecule has 2 unspecified atom stereocenters. The molecule has 0 spiro atoms. The molecule has 110 valence electrons. The van der Waals surface area contributed by atoms with E-state index in [9.17, 15) is 0 Å². The summed E-state index contributed by atoms with van der Waals surface area (Å²) in [6.45, 7) is 7.55. The van der Waals surface area contributed by atoms with Crippen molar-refractivity contribution in [1.82, 2.24) is 9.80 Å². The van der Waals surface area contributed by atoms with Gasteiger partial charge in [0.2, 0.25) is 0 Å². The molecule has 3 nitrogen and oxygen atoms in total. The highest BCUT2D eigenvalue weighted by atomic mass is 15.3. The summed E-state index contributed by atoms with van der Waals surface area (Å²) in [5.41, 5.74) is 6.01. The molecule has 0 aromatic rings. The summed E-state index contributed by atoms with van der Waals surface area (Å²) in [5.74, 6) is 1.04. The summed E-state index contributed by atoms with van der Waals surface area (Å²) < 4.78 is 0. The van der Waals surface area contributed by atoms with Crippen LogP contribution in [0.4, 0.5) is 0 Å². The molecule has 0 bridgehead atoms. The minimum atomic E-state index is 0.464. The molecule has 0 amide bonds. The molecule has 0 aromatic carbocycles. The SMILES string of the molecule is CC(CC1CCC1)N1CCC(N2CCC(N)CC2)C1. The van der Waals surface area contributed by atoms with Gasteiger partial charge in [0.25, 0.3) is 0 Å². The highest BCUT2D eigenvalue weighted by Crippen LogP contribution is 2.32. The molecule has 2 N–H and O–H groups in total. The van der Waals surface area contributed by atoms with Crippen molar-refractivity contribution in [3.63, 3.8) is 0 Å². The van der Waals surface area contributed by atoms with Crippen molar-refractivity contribution in [3.05, 3.63) is 0 Å². The quantitative estimate of drug-likeness (QED) is 0.844. The summed E-state index contributed by atoms with van der Waals surface area (Å²) in [7, 11) is 0. The Morgan fingerprint density at radius 2 is 1.79 bits per heavy atom. The largest absolute Gasteiger partial charge is 0.328 e. The van der Waals surface area contributed by atoms with Crippen LogP contribution in [0.5, 0.6) is 0 Å². The van der Waals surface area contributed by atoms with E-state index in [-0.39, 0.29) is 0 Å². The van der Waals surface area contributed by atoms with Crippen LogP contribution in [0.3, 0.4) is 0 Å². The van der Waals surface area contributed by atoms with Crippen LogP contribution in [0.25, 0.3) is 0 Å². The Kier molecular flexibility index (Phi) is 4.45. The first-order chi connectivity index (χ1) is 9.22. The van der Waals surface area contributed by atoms with E-state index in [1.165, 1.54) is 71.1 Å². The second-order valence-corrected chi connectivity index (χ2v) is 7.19. The van der Waals surface area contributed by atoms with Crippen molar-refractivity contribution in [1.29, 1.82) is 0 Å². The third kappa shape index (κ3) is 3.32. The van der Waals surface area contributed by atoms with E-state index in [1.54, 1.807) is 0 Å². The number of nitrogens with zero attached hydrogens (tertiary/aromatic N) is 2. The lowest BCUT2D eigenvalue weighted by atomic mass is 9.81. The lowest BCUT2D eigenvalue weighted by molar-refractivity contribution is 0.135. The highest BCUT2D eigenvalue weighted by molar-refractivity contribution is 4.89. The molecule has 1 saturated carbocycles. The maximum Gasteiger partial charge on any atom is 0.0235 e. The van der Waals surface area contributed by atoms with Gasteiger partial charge in [0.05, 0.1) is 0 Å². The Balaban J connectivity index is 1.43. The van der Waals surface area contributed by atoms with E-state index in [0.717, 1.165) is 18.0 Å². The van der Waals surface area contributed by atoms with E-state index in [2.05, 4.69) is 16.7 Å². The number of nitrogens with two attached hydrogens (primary N) is 1. The normalized spacial score (nSPS) is 33.5. The Labute approximate surface area is 118 Å². The van der Waals surface area contributed by atoms with Crippen LogP contribution in [0, 0.1) is 5.92 Å². The fraction of sp³-hybridized carbons (Fsp3) is 1.00. The van der Waals surface area contributed by atoms with Gasteiger partial charge >= 0.3 is 0 Å². The first-order valence-corrected chi connectivity index (χ1v) is 8.46. The van der Waals surface area contributed by atoms with Crippen molar-refractivity contribution in [3.8, 4) is 0 Å². The minimum Gasteiger partial charge on any atom is -0.328 e. The number of likely N-dealkylation sites (tertiary alicyclic amines) is 2. The fourth-order valence-electron chi connectivity index (χ4n) is 4.11. The van der Waals surface area contributed by atoms with Gasteiger partial charge in [-0.25, -0.2) is 0 Å². The van der Waals surface area contributed by atoms with Crippen LogP contribution in [0.15, 0.2) is 0 Å². The predicted octanol–water partition coefficient (Wildman–Crippen LogP) is 2.06. The summed E-state index contributed by atoms with van der Waals surface area (Å²) >= 11 is 0. The van der Waals surface area contributed by atoms with Gasteiger partial charge in [-0.05, 0) is 51.6 Å². The Hall–Kier alpha value is -0.120. The monoisotopic (exact) mass is 265 g/mol. The molecule has 2 saturated heterocycles. The zero-order valence-electron chi connectivity index (χ0n) is 12.6. The van der Waals surface area contributed by atoms with Crippen molar-refractivity contribution in [2.75, 3.05) is 26.2 Å². The highest BCUT2D eigenvalue weighted by Gasteiger charge is 2.32. The van der Waals surface area contributed by atoms with E-state index in [1.807, 2.05) is 0 Å². The van der Waals surface area contributed by atoms with Crippen molar-refractivity contribution >= 4 is 0 Å². The molecular formula is C16H31N3. The molecule has 0 radical (unpaired) electrons. The summed E-state index contributed by atoms with van der Waals surface area (Å²) in [6, 6.07) is 2.09. The number of hydrogen-bond donors (Lipinski definition) is 1. The Morgan fingerprint density at radius 3 is 2.42 bits per heavy atom. The topological polar surface area (TPSA) is 32.5 Å². The molecule has 2 aliphatic heterocycles. The molecule has 3 fully saturated rings. The average Bonchev–Trinajstić information content (AvgIpc) is 2.84. The fourth-order valence-corrected chi connectivity index (χ4v) is 4.11. The van der Waals surface area contributed by atoms with Crippen molar-refractivity contribution in [2.45, 2.75) is 70.0 Å². The van der Waals surface area contributed by atoms with E-state index in [0.29, 0.717) is 6.04 Å². The second kappa shape index (κ2) is 6.11. The van der Waals surface area contributed by atoms with Crippen LogP contribution in [-0.2, 0) is 0 Å². The lowest BCUT2D eigenvalue weighted by Crippen LogP contribution is -2.46. The van der Waals surface area contributed by atoms with Crippen LogP contribution < -0.4 is 5.73 Å². The molecule has 3 aliphatic rings. The standard InChI is InChI=1S/C16H31N3/c1-13(11-14-3-2-4-14)19-10-7-16(12-19)18-8-5-15(17)6-9-18/h13-16H,2-12,17H2,1H3. The molecule has 3 rings (SSSR count). The molecule has 3 heteroatoms. The van der Waals surface area contributed by atoms with E-state index >= 15 is 0 Å². The van der Waals surface area contributed by atoms with Gasteiger partial charge in [0.1, 0.15) is 0 Å². The van der Waals surface area contributed by atoms with Gasteiger partial charge in [-0.3, -0.25) is 9.80 Å². The summed E-state index contributed by atoms with van der Waals surface area (Å²) in [5, 5.41) is 0. The van der Waals surface area contributed by atoms with Gasteiger partial charge < -0.3 is 5.73 Å². The average molecular weight is 265 g/mol. The van der Waals surface area contributed by atoms with Crippen LogP contribution in [-0.4, -0.2) is 54.1 Å². The lowest BCUT2D eigenvalue weighted by Gasteiger charge is -2.36. The molecule has 2 atom stereocenters. The van der Waals surface area contributed by atoms with Gasteiger partial charge in [-0.1, -0.05) is 19.3 Å². The summed E-state index contributed by atoms with van der Waals surface area (Å²) in [6.07, 6.45) is 9.69. The Bertz CT molecular complexity index is 282. The molecule has 2 heterocycles. The van der Waals surface area contributed by atoms with Gasteiger partial charge in [0, 0.05) is 31.2 Å². The second-order valence-electron chi connectivity index (χ2n) is 7.19. The molecule has 0 aromatic heterocycles. The number of piperidine rings is 1. The molecule has 19 heavy (non-hydrogen) atoms. The molecular weight excluding hydrogens is 234 g/mol. The van der Waals surface area contributed by atoms with E-state index < -0.39 is 0 Å². The first kappa shape index (κ1) is 13.8. The minimum absolute atomic E-state index is 0.464.